The molecule has 0 radical (unpaired) electrons. The van der Waals surface area contributed by atoms with Crippen molar-refractivity contribution in [2.45, 2.75) is 112 Å². The Balaban J connectivity index is 0.744. The number of carbonyl (C=O) groups is 6. The molecule has 0 spiro atoms. The van der Waals surface area contributed by atoms with Crippen LogP contribution < -0.4 is 59.3 Å². The molecule has 0 bridgehead atoms. The molecule has 6 aliphatic rings. The smallest absolute Gasteiger partial charge is 0.407 e. The number of carbonyl (C=O) groups excluding carboxylic acids is 6. The first-order valence-electron chi connectivity index (χ1n) is 28.4. The Hall–Kier alpha value is -5.72. The quantitative estimate of drug-likeness (QED) is 0.0334. The van der Waals surface area contributed by atoms with Crippen LogP contribution in [0.15, 0.2) is 28.2 Å². The Bertz CT molecular complexity index is 2220. The van der Waals surface area contributed by atoms with Crippen LogP contribution in [0.3, 0.4) is 0 Å². The maximum atomic E-state index is 13.4. The number of guanidine groups is 2. The molecule has 2 saturated heterocycles. The fourth-order valence-corrected chi connectivity index (χ4v) is 13.6. The largest absolute Gasteiger partial charge is 0.449 e. The molecular weight excluding hydrogens is 1070 g/mol. The van der Waals surface area contributed by atoms with Crippen molar-refractivity contribution in [2.24, 2.45) is 39.2 Å². The molecule has 442 valence electrons. The van der Waals surface area contributed by atoms with Gasteiger partial charge in [-0.3, -0.25) is 19.2 Å². The molecule has 2 aliphatic carbocycles. The number of nitrogens with one attached hydrogen (secondary N) is 9. The molecule has 9 atom stereocenters. The highest BCUT2D eigenvalue weighted by Crippen LogP contribution is 2.52. The average molecular weight is 1150 g/mol. The Morgan fingerprint density at radius 3 is 1.52 bits per heavy atom. The first-order chi connectivity index (χ1) is 39.0. The summed E-state index contributed by atoms with van der Waals surface area (Å²) in [6.07, 6.45) is 9.77. The minimum absolute atomic E-state index is 0.0441. The van der Waals surface area contributed by atoms with E-state index in [0.29, 0.717) is 91.3 Å². The third kappa shape index (κ3) is 21.3. The summed E-state index contributed by atoms with van der Waals surface area (Å²) in [6.45, 7) is 3.73. The van der Waals surface area contributed by atoms with E-state index in [2.05, 4.69) is 69.7 Å². The van der Waals surface area contributed by atoms with E-state index in [-0.39, 0.29) is 113 Å². The van der Waals surface area contributed by atoms with Crippen molar-refractivity contribution >= 4 is 76.9 Å². The van der Waals surface area contributed by atoms with E-state index in [4.69, 9.17) is 35.2 Å². The van der Waals surface area contributed by atoms with E-state index in [1.54, 1.807) is 0 Å². The van der Waals surface area contributed by atoms with Gasteiger partial charge >= 0.3 is 12.1 Å². The SMILES string of the molecule is NC1=N[C@H]2[C@H](CS[C@H]2CCCCC(=O)NCCOCCNC(=O)c2cc(NC(=O)NCCOCCOCCNC(=O)OCC3[C@H]4CCC#CCC[C@@H]34)cc(C(=O)NCCOCCNC(=O)CCCC[C@@H]3SC[C@@H]4NC(N)=N[C@@H]43)c2)N1. The molecule has 7 rings (SSSR count). The lowest BCUT2D eigenvalue weighted by Crippen LogP contribution is -2.38. The first kappa shape index (κ1) is 61.9. The van der Waals surface area contributed by atoms with Gasteiger partial charge in [0.25, 0.3) is 11.8 Å². The summed E-state index contributed by atoms with van der Waals surface area (Å²) < 4.78 is 27.8. The van der Waals surface area contributed by atoms with Gasteiger partial charge in [-0.05, 0) is 74.5 Å². The second-order valence-corrected chi connectivity index (χ2v) is 23.1. The van der Waals surface area contributed by atoms with E-state index in [9.17, 15) is 28.8 Å². The number of ether oxygens (including phenoxy) is 5. The summed E-state index contributed by atoms with van der Waals surface area (Å²) in [6, 6.07) is 4.82. The van der Waals surface area contributed by atoms with Gasteiger partial charge in [0.2, 0.25) is 11.8 Å². The number of fused-ring (bicyclic) bond motifs is 3. The maximum Gasteiger partial charge on any atom is 0.407 e. The van der Waals surface area contributed by atoms with Crippen LogP contribution in [0.25, 0.3) is 0 Å². The summed E-state index contributed by atoms with van der Waals surface area (Å²) >= 11 is 3.82. The zero-order valence-corrected chi connectivity index (χ0v) is 47.4. The summed E-state index contributed by atoms with van der Waals surface area (Å²) in [4.78, 5) is 85.7. The fraction of sp³-hybridized carbons (Fsp3) is 0.704. The summed E-state index contributed by atoms with van der Waals surface area (Å²) in [5, 5.41) is 26.7. The predicted molar refractivity (Wildman–Crippen MR) is 308 cm³/mol. The summed E-state index contributed by atoms with van der Waals surface area (Å²) in [5.74, 6) is 9.97. The number of rotatable bonds is 36. The van der Waals surface area contributed by atoms with Crippen molar-refractivity contribution in [1.29, 1.82) is 0 Å². The lowest BCUT2D eigenvalue weighted by atomic mass is 10.0. The van der Waals surface area contributed by atoms with Gasteiger partial charge in [0.15, 0.2) is 11.9 Å². The third-order valence-corrected chi connectivity index (χ3v) is 17.7. The van der Waals surface area contributed by atoms with Crippen molar-refractivity contribution in [1.82, 2.24) is 42.5 Å². The third-order valence-electron chi connectivity index (χ3n) is 14.7. The van der Waals surface area contributed by atoms with Gasteiger partial charge in [-0.25, -0.2) is 19.6 Å². The van der Waals surface area contributed by atoms with Gasteiger partial charge in [0.1, 0.15) is 0 Å². The number of anilines is 1. The van der Waals surface area contributed by atoms with E-state index in [0.717, 1.165) is 75.7 Å². The molecule has 7 amide bonds. The molecule has 26 heteroatoms. The number of hydrogen-bond acceptors (Lipinski definition) is 19. The molecule has 80 heavy (non-hydrogen) atoms. The first-order valence-corrected chi connectivity index (χ1v) is 30.5. The van der Waals surface area contributed by atoms with E-state index in [1.807, 2.05) is 23.5 Å². The normalized spacial score (nSPS) is 23.8. The second-order valence-electron chi connectivity index (χ2n) is 20.5. The van der Waals surface area contributed by atoms with Gasteiger partial charge in [0, 0.05) is 104 Å². The number of benzene rings is 1. The second kappa shape index (κ2) is 33.9. The minimum Gasteiger partial charge on any atom is -0.449 e. The Kier molecular flexibility index (Phi) is 26.2. The molecule has 13 N–H and O–H groups in total. The van der Waals surface area contributed by atoms with Gasteiger partial charge in [0.05, 0.1) is 83.6 Å². The molecule has 0 aromatic heterocycles. The number of hydrogen-bond donors (Lipinski definition) is 11. The van der Waals surface area contributed by atoms with Crippen LogP contribution in [0.4, 0.5) is 15.3 Å². The van der Waals surface area contributed by atoms with E-state index < -0.39 is 23.9 Å². The van der Waals surface area contributed by atoms with Crippen LogP contribution >= 0.6 is 23.5 Å². The highest BCUT2D eigenvalue weighted by atomic mass is 32.2. The number of nitrogens with two attached hydrogens (primary N) is 2. The number of alkyl carbamates (subject to hydrolysis) is 1. The van der Waals surface area contributed by atoms with Crippen molar-refractivity contribution in [2.75, 3.05) is 116 Å². The lowest BCUT2D eigenvalue weighted by molar-refractivity contribution is -0.122. The van der Waals surface area contributed by atoms with Crippen LogP contribution in [0.1, 0.15) is 97.8 Å². The van der Waals surface area contributed by atoms with E-state index >= 15 is 0 Å². The zero-order chi connectivity index (χ0) is 56.3. The number of amides is 7. The maximum absolute atomic E-state index is 13.4. The number of urea groups is 1. The Labute approximate surface area is 477 Å². The molecule has 3 fully saturated rings. The van der Waals surface area contributed by atoms with Gasteiger partial charge < -0.3 is 83.0 Å². The number of aliphatic imine (C=N–C) groups is 2. The van der Waals surface area contributed by atoms with Crippen LogP contribution in [-0.2, 0) is 33.3 Å². The molecule has 1 aromatic rings. The molecule has 24 nitrogen and oxygen atoms in total. The Morgan fingerprint density at radius 2 is 1.02 bits per heavy atom. The van der Waals surface area contributed by atoms with Crippen LogP contribution in [0.2, 0.25) is 0 Å². The number of nitrogens with zero attached hydrogens (tertiary/aromatic N) is 2. The molecule has 4 aliphatic heterocycles. The van der Waals surface area contributed by atoms with Crippen molar-refractivity contribution in [3.8, 4) is 11.8 Å². The zero-order valence-electron chi connectivity index (χ0n) is 45.8. The average Bonchev–Trinajstić information content (AvgIpc) is 3.95. The fourth-order valence-electron chi connectivity index (χ4n) is 10.5. The predicted octanol–water partition coefficient (Wildman–Crippen LogP) is 1.39. The monoisotopic (exact) mass is 1150 g/mol. The van der Waals surface area contributed by atoms with Gasteiger partial charge in [-0.15, -0.1) is 11.8 Å². The van der Waals surface area contributed by atoms with Gasteiger partial charge in [-0.1, -0.05) is 12.8 Å². The number of unbranched alkanes of at least 4 members (excludes halogenated alkanes) is 2. The van der Waals surface area contributed by atoms with Crippen molar-refractivity contribution in [3.05, 3.63) is 29.3 Å². The summed E-state index contributed by atoms with van der Waals surface area (Å²) in [5.41, 5.74) is 12.1. The standard InChI is InChI=1S/C54H83N13O11S2/c55-51-64-41-33-79-43(47(41)66-51)11-5-7-13-45(68)57-15-21-74-23-17-59-49(70)35-29-36(50(71)60-18-24-75-22-16-58-46(69)14-8-6-12-44-48-42(34-80-44)65-52(56)67-48)31-37(30-35)63-53(72)61-19-25-76-27-28-77-26-20-62-54(73)78-32-40-38-9-3-1-2-4-10-39(38)40/h29-31,38-44,47-48H,3-28,32-34H2,(H,57,68)(H,58,69)(H,59,70)(H,60,71)(H,62,73)(H3,55,64,66)(H3,56,65,67)(H2,61,63,72)/t38-,39+,40?,41-,42-,43-,44-,47-,48-/m0/s1. The molecule has 4 heterocycles. The molecule has 1 saturated carbocycles. The van der Waals surface area contributed by atoms with Crippen LogP contribution in [-0.4, -0.2) is 193 Å². The van der Waals surface area contributed by atoms with Crippen LogP contribution in [0, 0.1) is 29.6 Å². The van der Waals surface area contributed by atoms with Crippen molar-refractivity contribution < 1.29 is 52.5 Å². The topological polar surface area (TPSA) is 334 Å². The molecule has 1 aromatic carbocycles. The van der Waals surface area contributed by atoms with Crippen LogP contribution in [0.5, 0.6) is 0 Å². The van der Waals surface area contributed by atoms with E-state index in [1.165, 1.54) is 18.2 Å². The van der Waals surface area contributed by atoms with Crippen molar-refractivity contribution in [3.63, 3.8) is 0 Å². The highest BCUT2D eigenvalue weighted by molar-refractivity contribution is 8.00. The lowest BCUT2D eigenvalue weighted by Gasteiger charge is -2.14. The number of thioether (sulfide) groups is 2. The molecular formula is C54H83N13O11S2. The van der Waals surface area contributed by atoms with Gasteiger partial charge in [-0.2, -0.15) is 23.5 Å². The highest BCUT2D eigenvalue weighted by Gasteiger charge is 2.49. The minimum atomic E-state index is -0.582. The Morgan fingerprint density at radius 1 is 0.575 bits per heavy atom. The molecule has 1 unspecified atom stereocenters. The summed E-state index contributed by atoms with van der Waals surface area (Å²) in [7, 11) is 0.